The first-order chi connectivity index (χ1) is 8.72. The van der Waals surface area contributed by atoms with Gasteiger partial charge in [0.2, 0.25) is 11.8 Å². The fourth-order valence-corrected chi connectivity index (χ4v) is 1.74. The van der Waals surface area contributed by atoms with E-state index >= 15 is 0 Å². The third-order valence-corrected chi connectivity index (χ3v) is 2.91. The van der Waals surface area contributed by atoms with Crippen molar-refractivity contribution in [2.75, 3.05) is 0 Å². The Morgan fingerprint density at radius 3 is 2.61 bits per heavy atom. The van der Waals surface area contributed by atoms with E-state index in [1.54, 1.807) is 12.1 Å². The van der Waals surface area contributed by atoms with E-state index in [1.165, 1.54) is 12.1 Å². The number of benzene rings is 1. The molecule has 6 nitrogen and oxygen atoms in total. The number of aromatic nitrogens is 2. The van der Waals surface area contributed by atoms with E-state index in [1.807, 2.05) is 0 Å². The van der Waals surface area contributed by atoms with Crippen molar-refractivity contribution >= 4 is 5.69 Å². The van der Waals surface area contributed by atoms with Gasteiger partial charge in [-0.15, -0.1) is 10.2 Å². The highest BCUT2D eigenvalue weighted by molar-refractivity contribution is 5.33. The minimum absolute atomic E-state index is 0.0861. The molecular formula is C12H11N3O3. The molecule has 0 amide bonds. The summed E-state index contributed by atoms with van der Waals surface area (Å²) in [4.78, 5) is 10.1. The smallest absolute Gasteiger partial charge is 0.269 e. The largest absolute Gasteiger partial charge is 0.425 e. The lowest BCUT2D eigenvalue weighted by atomic mass is 10.1. The number of nitro groups is 1. The predicted molar refractivity (Wildman–Crippen MR) is 62.2 cm³/mol. The molecule has 0 atom stereocenters. The molecule has 6 heteroatoms. The maximum atomic E-state index is 10.5. The van der Waals surface area contributed by atoms with Crippen molar-refractivity contribution in [2.24, 2.45) is 0 Å². The molecular weight excluding hydrogens is 234 g/mol. The van der Waals surface area contributed by atoms with Crippen molar-refractivity contribution in [3.63, 3.8) is 0 Å². The van der Waals surface area contributed by atoms with Gasteiger partial charge < -0.3 is 4.42 Å². The second-order valence-corrected chi connectivity index (χ2v) is 4.41. The molecule has 1 aromatic heterocycles. The third kappa shape index (κ3) is 2.22. The van der Waals surface area contributed by atoms with Gasteiger partial charge in [0.15, 0.2) is 0 Å². The molecule has 0 N–H and O–H groups in total. The Hall–Kier alpha value is -2.24. The molecule has 0 radical (unpaired) electrons. The average Bonchev–Trinajstić information content (AvgIpc) is 3.11. The summed E-state index contributed by atoms with van der Waals surface area (Å²) in [7, 11) is 0. The standard InChI is InChI=1S/C12H11N3O3/c16-15(17)10-5-1-8(2-6-10)7-11-13-14-12(18-11)9-3-4-9/h1-2,5-6,9H,3-4,7H2. The Bertz CT molecular complexity index is 573. The van der Waals surface area contributed by atoms with Crippen molar-refractivity contribution in [1.82, 2.24) is 10.2 Å². The first-order valence-corrected chi connectivity index (χ1v) is 5.78. The first-order valence-electron chi connectivity index (χ1n) is 5.78. The van der Waals surface area contributed by atoms with Gasteiger partial charge in [0.1, 0.15) is 0 Å². The molecule has 0 saturated heterocycles. The van der Waals surface area contributed by atoms with E-state index in [9.17, 15) is 10.1 Å². The number of rotatable bonds is 4. The summed E-state index contributed by atoms with van der Waals surface area (Å²) in [6.45, 7) is 0. The molecule has 3 rings (SSSR count). The number of nitro benzene ring substituents is 1. The van der Waals surface area contributed by atoms with E-state index in [0.29, 0.717) is 24.1 Å². The van der Waals surface area contributed by atoms with Crippen LogP contribution in [-0.2, 0) is 6.42 Å². The van der Waals surface area contributed by atoms with Crippen LogP contribution < -0.4 is 0 Å². The van der Waals surface area contributed by atoms with Crippen LogP contribution in [0.1, 0.15) is 36.1 Å². The van der Waals surface area contributed by atoms with Crippen LogP contribution in [0.2, 0.25) is 0 Å². The van der Waals surface area contributed by atoms with E-state index in [0.717, 1.165) is 18.4 Å². The molecule has 1 saturated carbocycles. The summed E-state index contributed by atoms with van der Waals surface area (Å²) < 4.78 is 5.53. The number of hydrogen-bond donors (Lipinski definition) is 0. The highest BCUT2D eigenvalue weighted by Gasteiger charge is 2.29. The Kier molecular flexibility index (Phi) is 2.55. The zero-order valence-electron chi connectivity index (χ0n) is 9.57. The lowest BCUT2D eigenvalue weighted by Gasteiger charge is -1.96. The van der Waals surface area contributed by atoms with E-state index < -0.39 is 4.92 Å². The fraction of sp³-hybridized carbons (Fsp3) is 0.333. The molecule has 0 aliphatic heterocycles. The fourth-order valence-electron chi connectivity index (χ4n) is 1.74. The van der Waals surface area contributed by atoms with Gasteiger partial charge in [-0.05, 0) is 18.4 Å². The molecule has 2 aromatic rings. The second-order valence-electron chi connectivity index (χ2n) is 4.41. The average molecular weight is 245 g/mol. The van der Waals surface area contributed by atoms with Crippen LogP contribution in [0.25, 0.3) is 0 Å². The lowest BCUT2D eigenvalue weighted by Crippen LogP contribution is -1.91. The van der Waals surface area contributed by atoms with Gasteiger partial charge in [0.25, 0.3) is 5.69 Å². The zero-order valence-corrected chi connectivity index (χ0v) is 9.57. The van der Waals surface area contributed by atoms with Crippen LogP contribution in [0.4, 0.5) is 5.69 Å². The maximum Gasteiger partial charge on any atom is 0.269 e. The molecule has 0 spiro atoms. The molecule has 1 aliphatic carbocycles. The molecule has 18 heavy (non-hydrogen) atoms. The van der Waals surface area contributed by atoms with Crippen LogP contribution in [0.15, 0.2) is 28.7 Å². The van der Waals surface area contributed by atoms with Crippen molar-refractivity contribution in [3.8, 4) is 0 Å². The summed E-state index contributed by atoms with van der Waals surface area (Å²) in [5.41, 5.74) is 1.01. The molecule has 1 aromatic carbocycles. The Balaban J connectivity index is 1.72. The quantitative estimate of drug-likeness (QED) is 0.610. The van der Waals surface area contributed by atoms with Crippen LogP contribution in [-0.4, -0.2) is 15.1 Å². The zero-order chi connectivity index (χ0) is 12.5. The van der Waals surface area contributed by atoms with Crippen LogP contribution in [0, 0.1) is 10.1 Å². The minimum Gasteiger partial charge on any atom is -0.425 e. The van der Waals surface area contributed by atoms with Crippen LogP contribution >= 0.6 is 0 Å². The van der Waals surface area contributed by atoms with Gasteiger partial charge in [-0.3, -0.25) is 10.1 Å². The highest BCUT2D eigenvalue weighted by atomic mass is 16.6. The van der Waals surface area contributed by atoms with Gasteiger partial charge in [-0.1, -0.05) is 12.1 Å². The van der Waals surface area contributed by atoms with Crippen molar-refractivity contribution in [1.29, 1.82) is 0 Å². The van der Waals surface area contributed by atoms with Crippen molar-refractivity contribution in [3.05, 3.63) is 51.7 Å². The third-order valence-electron chi connectivity index (χ3n) is 2.91. The highest BCUT2D eigenvalue weighted by Crippen LogP contribution is 2.39. The van der Waals surface area contributed by atoms with Gasteiger partial charge >= 0.3 is 0 Å². The van der Waals surface area contributed by atoms with Crippen LogP contribution in [0.3, 0.4) is 0 Å². The maximum absolute atomic E-state index is 10.5. The Morgan fingerprint density at radius 2 is 2.00 bits per heavy atom. The topological polar surface area (TPSA) is 82.1 Å². The summed E-state index contributed by atoms with van der Waals surface area (Å²) in [6.07, 6.45) is 2.76. The predicted octanol–water partition coefficient (Wildman–Crippen LogP) is 2.45. The number of nitrogens with zero attached hydrogens (tertiary/aromatic N) is 3. The van der Waals surface area contributed by atoms with Crippen molar-refractivity contribution in [2.45, 2.75) is 25.2 Å². The normalized spacial score (nSPS) is 14.7. The van der Waals surface area contributed by atoms with Gasteiger partial charge in [-0.25, -0.2) is 0 Å². The van der Waals surface area contributed by atoms with Crippen LogP contribution in [0.5, 0.6) is 0 Å². The van der Waals surface area contributed by atoms with E-state index in [-0.39, 0.29) is 5.69 Å². The second kappa shape index (κ2) is 4.21. The summed E-state index contributed by atoms with van der Waals surface area (Å²) >= 11 is 0. The molecule has 1 fully saturated rings. The molecule has 1 heterocycles. The van der Waals surface area contributed by atoms with Gasteiger partial charge in [0, 0.05) is 18.1 Å². The SMILES string of the molecule is O=[N+]([O-])c1ccc(Cc2nnc(C3CC3)o2)cc1. The number of hydrogen-bond acceptors (Lipinski definition) is 5. The van der Waals surface area contributed by atoms with E-state index in [4.69, 9.17) is 4.42 Å². The monoisotopic (exact) mass is 245 g/mol. The summed E-state index contributed by atoms with van der Waals surface area (Å²) in [5.74, 6) is 1.72. The Morgan fingerprint density at radius 1 is 1.28 bits per heavy atom. The minimum atomic E-state index is -0.415. The van der Waals surface area contributed by atoms with Gasteiger partial charge in [0.05, 0.1) is 11.3 Å². The summed E-state index contributed by atoms with van der Waals surface area (Å²) in [6, 6.07) is 6.37. The first kappa shape index (κ1) is 10.9. The lowest BCUT2D eigenvalue weighted by molar-refractivity contribution is -0.384. The van der Waals surface area contributed by atoms with Gasteiger partial charge in [-0.2, -0.15) is 0 Å². The number of non-ortho nitro benzene ring substituents is 1. The molecule has 0 unspecified atom stereocenters. The summed E-state index contributed by atoms with van der Waals surface area (Å²) in [5, 5.41) is 18.5. The van der Waals surface area contributed by atoms with Crippen molar-refractivity contribution < 1.29 is 9.34 Å². The van der Waals surface area contributed by atoms with E-state index in [2.05, 4.69) is 10.2 Å². The molecule has 1 aliphatic rings. The Labute approximate surface area is 103 Å². The molecule has 92 valence electrons. The molecule has 0 bridgehead atoms.